The van der Waals surface area contributed by atoms with E-state index >= 15 is 0 Å². The topological polar surface area (TPSA) is 83.7 Å². The summed E-state index contributed by atoms with van der Waals surface area (Å²) in [4.78, 5) is 14.1. The van der Waals surface area contributed by atoms with Crippen molar-refractivity contribution in [2.45, 2.75) is 24.8 Å². The van der Waals surface area contributed by atoms with Gasteiger partial charge in [0.1, 0.15) is 0 Å². The van der Waals surface area contributed by atoms with Crippen LogP contribution >= 0.6 is 23.2 Å². The lowest BCUT2D eigenvalue weighted by atomic mass is 10.0. The Morgan fingerprint density at radius 3 is 2.21 bits per heavy atom. The lowest BCUT2D eigenvalue weighted by Gasteiger charge is -2.35. The van der Waals surface area contributed by atoms with E-state index in [-0.39, 0.29) is 40.9 Å². The molecule has 0 spiro atoms. The molecular formula is C15H21Cl2N3O3S. The van der Waals surface area contributed by atoms with Crippen molar-refractivity contribution in [2.24, 2.45) is 11.7 Å². The minimum atomic E-state index is -3.66. The molecule has 1 heterocycles. The molecule has 1 aliphatic heterocycles. The molecular weight excluding hydrogens is 373 g/mol. The second-order valence-corrected chi connectivity index (χ2v) is 8.71. The SMILES string of the molecule is CC(N)C(C)C(=O)N1CCN(S(=O)(=O)c2ccc(Cl)c(Cl)c2)CC1. The minimum absolute atomic E-state index is 0.0448. The van der Waals surface area contributed by atoms with E-state index in [0.717, 1.165) is 0 Å². The van der Waals surface area contributed by atoms with Gasteiger partial charge in [-0.15, -0.1) is 0 Å². The van der Waals surface area contributed by atoms with Crippen molar-refractivity contribution in [3.63, 3.8) is 0 Å². The molecule has 6 nitrogen and oxygen atoms in total. The molecule has 1 amide bonds. The van der Waals surface area contributed by atoms with Crippen LogP contribution in [0, 0.1) is 5.92 Å². The number of carbonyl (C=O) groups excluding carboxylic acids is 1. The van der Waals surface area contributed by atoms with Gasteiger partial charge in [0.05, 0.1) is 20.9 Å². The Kier molecular flexibility index (Phi) is 6.14. The molecule has 0 aromatic heterocycles. The molecule has 1 fully saturated rings. The molecule has 1 aliphatic rings. The highest BCUT2D eigenvalue weighted by atomic mass is 35.5. The molecule has 24 heavy (non-hydrogen) atoms. The molecule has 1 saturated heterocycles. The Morgan fingerprint density at radius 1 is 1.12 bits per heavy atom. The van der Waals surface area contributed by atoms with Crippen molar-refractivity contribution in [1.82, 2.24) is 9.21 Å². The summed E-state index contributed by atoms with van der Waals surface area (Å²) < 4.78 is 26.7. The van der Waals surface area contributed by atoms with Crippen molar-refractivity contribution >= 4 is 39.1 Å². The Hall–Kier alpha value is -0.860. The van der Waals surface area contributed by atoms with Crippen LogP contribution < -0.4 is 5.73 Å². The van der Waals surface area contributed by atoms with Crippen LogP contribution in [0.5, 0.6) is 0 Å². The Bertz CT molecular complexity index is 717. The second kappa shape index (κ2) is 7.58. The minimum Gasteiger partial charge on any atom is -0.340 e. The molecule has 2 rings (SSSR count). The van der Waals surface area contributed by atoms with Crippen molar-refractivity contribution in [1.29, 1.82) is 0 Å². The molecule has 2 atom stereocenters. The highest BCUT2D eigenvalue weighted by molar-refractivity contribution is 7.89. The average Bonchev–Trinajstić information content (AvgIpc) is 2.55. The van der Waals surface area contributed by atoms with Crippen LogP contribution in [0.15, 0.2) is 23.1 Å². The van der Waals surface area contributed by atoms with E-state index in [9.17, 15) is 13.2 Å². The molecule has 9 heteroatoms. The first-order chi connectivity index (χ1) is 11.1. The number of nitrogens with zero attached hydrogens (tertiary/aromatic N) is 2. The first-order valence-corrected chi connectivity index (χ1v) is 9.83. The zero-order valence-corrected chi connectivity index (χ0v) is 15.9. The lowest BCUT2D eigenvalue weighted by Crippen LogP contribution is -2.53. The van der Waals surface area contributed by atoms with Gasteiger partial charge in [-0.25, -0.2) is 8.42 Å². The van der Waals surface area contributed by atoms with Crippen LogP contribution in [-0.4, -0.2) is 55.8 Å². The normalized spacial score (nSPS) is 19.1. The second-order valence-electron chi connectivity index (χ2n) is 5.95. The third kappa shape index (κ3) is 4.03. The van der Waals surface area contributed by atoms with E-state index in [4.69, 9.17) is 28.9 Å². The summed E-state index contributed by atoms with van der Waals surface area (Å²) in [5.41, 5.74) is 5.77. The van der Waals surface area contributed by atoms with E-state index in [1.54, 1.807) is 18.7 Å². The maximum Gasteiger partial charge on any atom is 0.243 e. The van der Waals surface area contributed by atoms with E-state index in [1.807, 2.05) is 0 Å². The molecule has 1 aromatic carbocycles. The Balaban J connectivity index is 2.08. The van der Waals surface area contributed by atoms with Crippen LogP contribution in [0.3, 0.4) is 0 Å². The summed E-state index contributed by atoms with van der Waals surface area (Å²) in [5, 5.41) is 0.494. The summed E-state index contributed by atoms with van der Waals surface area (Å²) in [6.07, 6.45) is 0. The van der Waals surface area contributed by atoms with E-state index in [0.29, 0.717) is 18.1 Å². The summed E-state index contributed by atoms with van der Waals surface area (Å²) >= 11 is 11.7. The highest BCUT2D eigenvalue weighted by Crippen LogP contribution is 2.27. The number of benzene rings is 1. The van der Waals surface area contributed by atoms with Gasteiger partial charge in [0, 0.05) is 32.2 Å². The zero-order chi connectivity index (χ0) is 18.1. The van der Waals surface area contributed by atoms with E-state index in [1.165, 1.54) is 22.5 Å². The predicted molar refractivity (Wildman–Crippen MR) is 94.6 cm³/mol. The third-order valence-electron chi connectivity index (χ3n) is 4.26. The molecule has 1 aromatic rings. The van der Waals surface area contributed by atoms with Crippen molar-refractivity contribution in [3.8, 4) is 0 Å². The molecule has 0 aliphatic carbocycles. The predicted octanol–water partition coefficient (Wildman–Crippen LogP) is 1.81. The zero-order valence-electron chi connectivity index (χ0n) is 13.6. The van der Waals surface area contributed by atoms with Crippen molar-refractivity contribution < 1.29 is 13.2 Å². The molecule has 0 saturated carbocycles. The highest BCUT2D eigenvalue weighted by Gasteiger charge is 2.32. The summed E-state index contributed by atoms with van der Waals surface area (Å²) in [6.45, 7) is 4.73. The quantitative estimate of drug-likeness (QED) is 0.844. The third-order valence-corrected chi connectivity index (χ3v) is 6.89. The average molecular weight is 394 g/mol. The van der Waals surface area contributed by atoms with Crippen LogP contribution in [0.2, 0.25) is 10.0 Å². The Morgan fingerprint density at radius 2 is 1.71 bits per heavy atom. The van der Waals surface area contributed by atoms with Crippen LogP contribution in [0.25, 0.3) is 0 Å². The monoisotopic (exact) mass is 393 g/mol. The number of amides is 1. The molecule has 2 unspecified atom stereocenters. The Labute approximate surface area is 152 Å². The van der Waals surface area contributed by atoms with Crippen LogP contribution in [0.1, 0.15) is 13.8 Å². The summed E-state index contributed by atoms with van der Waals surface area (Å²) in [6, 6.07) is 3.99. The smallest absolute Gasteiger partial charge is 0.243 e. The largest absolute Gasteiger partial charge is 0.340 e. The lowest BCUT2D eigenvalue weighted by molar-refractivity contribution is -0.136. The summed E-state index contributed by atoms with van der Waals surface area (Å²) in [7, 11) is -3.66. The molecule has 0 radical (unpaired) electrons. The van der Waals surface area contributed by atoms with Gasteiger partial charge in [0.2, 0.25) is 15.9 Å². The van der Waals surface area contributed by atoms with Gasteiger partial charge in [-0.1, -0.05) is 30.1 Å². The number of hydrogen-bond acceptors (Lipinski definition) is 4. The van der Waals surface area contributed by atoms with Gasteiger partial charge in [-0.2, -0.15) is 4.31 Å². The number of nitrogens with two attached hydrogens (primary N) is 1. The first-order valence-electron chi connectivity index (χ1n) is 7.64. The molecule has 2 N–H and O–H groups in total. The fourth-order valence-corrected chi connectivity index (χ4v) is 4.26. The summed E-state index contributed by atoms with van der Waals surface area (Å²) in [5.74, 6) is -0.334. The fourth-order valence-electron chi connectivity index (χ4n) is 2.45. The van der Waals surface area contributed by atoms with Gasteiger partial charge in [-0.05, 0) is 25.1 Å². The number of hydrogen-bond donors (Lipinski definition) is 1. The van der Waals surface area contributed by atoms with Gasteiger partial charge in [-0.3, -0.25) is 4.79 Å². The van der Waals surface area contributed by atoms with Gasteiger partial charge < -0.3 is 10.6 Å². The number of sulfonamides is 1. The van der Waals surface area contributed by atoms with Gasteiger partial charge in [0.25, 0.3) is 0 Å². The van der Waals surface area contributed by atoms with Crippen molar-refractivity contribution in [3.05, 3.63) is 28.2 Å². The first kappa shape index (κ1) is 19.5. The fraction of sp³-hybridized carbons (Fsp3) is 0.533. The molecule has 134 valence electrons. The maximum absolute atomic E-state index is 12.7. The van der Waals surface area contributed by atoms with Gasteiger partial charge in [0.15, 0.2) is 0 Å². The number of piperazine rings is 1. The van der Waals surface area contributed by atoms with Crippen LogP contribution in [-0.2, 0) is 14.8 Å². The van der Waals surface area contributed by atoms with E-state index in [2.05, 4.69) is 0 Å². The standard InChI is InChI=1S/C15H21Cl2N3O3S/c1-10(11(2)18)15(21)19-5-7-20(8-6-19)24(22,23)12-3-4-13(16)14(17)9-12/h3-4,9-11H,5-8,18H2,1-2H3. The van der Waals surface area contributed by atoms with Crippen molar-refractivity contribution in [2.75, 3.05) is 26.2 Å². The van der Waals surface area contributed by atoms with Gasteiger partial charge >= 0.3 is 0 Å². The van der Waals surface area contributed by atoms with E-state index < -0.39 is 10.0 Å². The molecule has 0 bridgehead atoms. The number of rotatable bonds is 4. The van der Waals surface area contributed by atoms with Crippen LogP contribution in [0.4, 0.5) is 0 Å². The maximum atomic E-state index is 12.7. The number of carbonyl (C=O) groups is 1. The number of halogens is 2.